The van der Waals surface area contributed by atoms with Crippen LogP contribution >= 0.6 is 0 Å². The van der Waals surface area contributed by atoms with E-state index in [2.05, 4.69) is 11.0 Å². The number of ether oxygens (including phenoxy) is 2. The molecule has 1 heterocycles. The van der Waals surface area contributed by atoms with E-state index in [0.717, 1.165) is 37.6 Å². The zero-order chi connectivity index (χ0) is 14.4. The molecule has 1 saturated heterocycles. The van der Waals surface area contributed by atoms with Gasteiger partial charge < -0.3 is 19.3 Å². The molecule has 1 amide bonds. The molecule has 0 saturated carbocycles. The number of hydrogen-bond donors (Lipinski definition) is 0. The van der Waals surface area contributed by atoms with Gasteiger partial charge in [-0.25, -0.2) is 0 Å². The molecular weight excluding hydrogens is 256 g/mol. The molecule has 1 fully saturated rings. The van der Waals surface area contributed by atoms with Crippen molar-refractivity contribution in [1.82, 2.24) is 4.90 Å². The lowest BCUT2D eigenvalue weighted by Crippen LogP contribution is -2.49. The number of carbonyl (C=O) groups is 1. The predicted octanol–water partition coefficient (Wildman–Crippen LogP) is 1.38. The Morgan fingerprint density at radius 3 is 2.55 bits per heavy atom. The van der Waals surface area contributed by atoms with Crippen LogP contribution in [0.4, 0.5) is 5.69 Å². The third kappa shape index (κ3) is 3.42. The standard InChI is InChI=1S/C15H22N2O3/c1-3-20-14-7-5-4-6-13(14)16-8-10-17(11-9-16)15(18)12-19-2/h4-7H,3,8-12H2,1-2H3. The lowest BCUT2D eigenvalue weighted by molar-refractivity contribution is -0.135. The number of benzene rings is 1. The third-order valence-electron chi connectivity index (χ3n) is 3.41. The van der Waals surface area contributed by atoms with Crippen LogP contribution < -0.4 is 9.64 Å². The van der Waals surface area contributed by atoms with Gasteiger partial charge in [0.1, 0.15) is 12.4 Å². The number of nitrogens with zero attached hydrogens (tertiary/aromatic N) is 2. The van der Waals surface area contributed by atoms with Crippen molar-refractivity contribution in [3.05, 3.63) is 24.3 Å². The lowest BCUT2D eigenvalue weighted by atomic mass is 10.2. The molecule has 2 rings (SSSR count). The van der Waals surface area contributed by atoms with Crippen molar-refractivity contribution in [3.63, 3.8) is 0 Å². The van der Waals surface area contributed by atoms with Gasteiger partial charge in [0.05, 0.1) is 12.3 Å². The Balaban J connectivity index is 1.98. The molecule has 5 nitrogen and oxygen atoms in total. The maximum Gasteiger partial charge on any atom is 0.248 e. The summed E-state index contributed by atoms with van der Waals surface area (Å²) in [6, 6.07) is 8.05. The van der Waals surface area contributed by atoms with E-state index in [-0.39, 0.29) is 12.5 Å². The van der Waals surface area contributed by atoms with Crippen LogP contribution in [0.15, 0.2) is 24.3 Å². The van der Waals surface area contributed by atoms with E-state index in [1.807, 2.05) is 30.0 Å². The first-order chi connectivity index (χ1) is 9.76. The second-order valence-corrected chi connectivity index (χ2v) is 4.70. The Morgan fingerprint density at radius 1 is 1.20 bits per heavy atom. The second-order valence-electron chi connectivity index (χ2n) is 4.70. The Morgan fingerprint density at radius 2 is 1.90 bits per heavy atom. The molecule has 0 unspecified atom stereocenters. The number of anilines is 1. The maximum absolute atomic E-state index is 11.8. The minimum atomic E-state index is 0.0604. The van der Waals surface area contributed by atoms with Crippen molar-refractivity contribution < 1.29 is 14.3 Å². The average molecular weight is 278 g/mol. The summed E-state index contributed by atoms with van der Waals surface area (Å²) in [5.74, 6) is 0.969. The highest BCUT2D eigenvalue weighted by Crippen LogP contribution is 2.28. The van der Waals surface area contributed by atoms with Crippen molar-refractivity contribution in [2.24, 2.45) is 0 Å². The Labute approximate surface area is 120 Å². The van der Waals surface area contributed by atoms with Crippen LogP contribution in [0.1, 0.15) is 6.92 Å². The number of para-hydroxylation sites is 2. The maximum atomic E-state index is 11.8. The van der Waals surface area contributed by atoms with Gasteiger partial charge in [0, 0.05) is 33.3 Å². The van der Waals surface area contributed by atoms with Crippen molar-refractivity contribution in [1.29, 1.82) is 0 Å². The van der Waals surface area contributed by atoms with Crippen LogP contribution in [0.2, 0.25) is 0 Å². The number of piperazine rings is 1. The number of hydrogen-bond acceptors (Lipinski definition) is 4. The minimum absolute atomic E-state index is 0.0604. The Kier molecular flexibility index (Phi) is 5.24. The molecule has 0 atom stereocenters. The van der Waals surface area contributed by atoms with Crippen LogP contribution in [0.5, 0.6) is 5.75 Å². The van der Waals surface area contributed by atoms with Gasteiger partial charge in [0.2, 0.25) is 5.91 Å². The van der Waals surface area contributed by atoms with Gasteiger partial charge in [-0.15, -0.1) is 0 Å². The van der Waals surface area contributed by atoms with Crippen molar-refractivity contribution in [2.45, 2.75) is 6.92 Å². The van der Waals surface area contributed by atoms with E-state index in [1.54, 1.807) is 7.11 Å². The molecule has 0 aromatic heterocycles. The molecular formula is C15H22N2O3. The van der Waals surface area contributed by atoms with E-state index in [9.17, 15) is 4.79 Å². The summed E-state index contributed by atoms with van der Waals surface area (Å²) in [4.78, 5) is 15.9. The van der Waals surface area contributed by atoms with Gasteiger partial charge in [0.25, 0.3) is 0 Å². The number of carbonyl (C=O) groups excluding carboxylic acids is 1. The molecule has 1 aliphatic rings. The highest BCUT2D eigenvalue weighted by molar-refractivity contribution is 5.77. The summed E-state index contributed by atoms with van der Waals surface area (Å²) in [5, 5.41) is 0. The molecule has 0 bridgehead atoms. The monoisotopic (exact) mass is 278 g/mol. The number of rotatable bonds is 5. The van der Waals surface area contributed by atoms with Crippen molar-refractivity contribution in [2.75, 3.05) is 51.4 Å². The quantitative estimate of drug-likeness (QED) is 0.816. The fraction of sp³-hybridized carbons (Fsp3) is 0.533. The first-order valence-corrected chi connectivity index (χ1v) is 6.99. The van der Waals surface area contributed by atoms with Crippen LogP contribution in [0.3, 0.4) is 0 Å². The highest BCUT2D eigenvalue weighted by Gasteiger charge is 2.22. The fourth-order valence-electron chi connectivity index (χ4n) is 2.41. The van der Waals surface area contributed by atoms with Crippen molar-refractivity contribution >= 4 is 11.6 Å². The van der Waals surface area contributed by atoms with Crippen molar-refractivity contribution in [3.8, 4) is 5.75 Å². The molecule has 110 valence electrons. The highest BCUT2D eigenvalue weighted by atomic mass is 16.5. The molecule has 0 N–H and O–H groups in total. The summed E-state index contributed by atoms with van der Waals surface area (Å²) < 4.78 is 10.6. The van der Waals surface area contributed by atoms with Crippen LogP contribution in [-0.2, 0) is 9.53 Å². The number of methoxy groups -OCH3 is 1. The zero-order valence-corrected chi connectivity index (χ0v) is 12.2. The molecule has 0 radical (unpaired) electrons. The minimum Gasteiger partial charge on any atom is -0.492 e. The second kappa shape index (κ2) is 7.14. The van der Waals surface area contributed by atoms with Gasteiger partial charge in [-0.05, 0) is 19.1 Å². The van der Waals surface area contributed by atoms with E-state index < -0.39 is 0 Å². The van der Waals surface area contributed by atoms with Gasteiger partial charge >= 0.3 is 0 Å². The summed E-state index contributed by atoms with van der Waals surface area (Å²) in [6.07, 6.45) is 0. The first kappa shape index (κ1) is 14.7. The number of amides is 1. The van der Waals surface area contributed by atoms with Gasteiger partial charge in [-0.1, -0.05) is 12.1 Å². The predicted molar refractivity (Wildman–Crippen MR) is 78.3 cm³/mol. The SMILES string of the molecule is CCOc1ccccc1N1CCN(C(=O)COC)CC1. The smallest absolute Gasteiger partial charge is 0.248 e. The fourth-order valence-corrected chi connectivity index (χ4v) is 2.41. The first-order valence-electron chi connectivity index (χ1n) is 6.99. The summed E-state index contributed by atoms with van der Waals surface area (Å²) >= 11 is 0. The third-order valence-corrected chi connectivity index (χ3v) is 3.41. The van der Waals surface area contributed by atoms with E-state index in [1.165, 1.54) is 0 Å². The molecule has 0 spiro atoms. The molecule has 0 aliphatic carbocycles. The molecule has 5 heteroatoms. The average Bonchev–Trinajstić information content (AvgIpc) is 2.49. The molecule has 1 aliphatic heterocycles. The summed E-state index contributed by atoms with van der Waals surface area (Å²) in [5.41, 5.74) is 1.10. The molecule has 1 aromatic rings. The largest absolute Gasteiger partial charge is 0.492 e. The normalized spacial score (nSPS) is 15.3. The van der Waals surface area contributed by atoms with Crippen LogP contribution in [-0.4, -0.2) is 57.3 Å². The van der Waals surface area contributed by atoms with Crippen LogP contribution in [0, 0.1) is 0 Å². The van der Waals surface area contributed by atoms with E-state index in [0.29, 0.717) is 6.61 Å². The van der Waals surface area contributed by atoms with Gasteiger partial charge in [-0.2, -0.15) is 0 Å². The summed E-state index contributed by atoms with van der Waals surface area (Å²) in [7, 11) is 1.55. The lowest BCUT2D eigenvalue weighted by Gasteiger charge is -2.36. The molecule has 1 aromatic carbocycles. The zero-order valence-electron chi connectivity index (χ0n) is 12.2. The van der Waals surface area contributed by atoms with Gasteiger partial charge in [0.15, 0.2) is 0 Å². The molecule has 20 heavy (non-hydrogen) atoms. The van der Waals surface area contributed by atoms with E-state index in [4.69, 9.17) is 9.47 Å². The van der Waals surface area contributed by atoms with E-state index >= 15 is 0 Å². The summed E-state index contributed by atoms with van der Waals surface area (Å²) in [6.45, 7) is 5.89. The Hall–Kier alpha value is -1.75. The topological polar surface area (TPSA) is 42.0 Å². The Bertz CT molecular complexity index is 442. The van der Waals surface area contributed by atoms with Crippen LogP contribution in [0.25, 0.3) is 0 Å². The van der Waals surface area contributed by atoms with Gasteiger partial charge in [-0.3, -0.25) is 4.79 Å².